The smallest absolute Gasteiger partial charge is 0.341 e. The van der Waals surface area contributed by atoms with Gasteiger partial charge in [-0.3, -0.25) is 10.1 Å². The van der Waals surface area contributed by atoms with E-state index in [1.165, 1.54) is 30.3 Å². The lowest BCUT2D eigenvalue weighted by Crippen LogP contribution is -2.33. The van der Waals surface area contributed by atoms with Crippen LogP contribution >= 0.6 is 0 Å². The zero-order valence-electron chi connectivity index (χ0n) is 16.2. The van der Waals surface area contributed by atoms with Gasteiger partial charge in [0.15, 0.2) is 17.3 Å². The van der Waals surface area contributed by atoms with Gasteiger partial charge in [0.1, 0.15) is 5.56 Å². The van der Waals surface area contributed by atoms with Crippen molar-refractivity contribution >= 4 is 40.1 Å². The quantitative estimate of drug-likeness (QED) is 0.373. The standard InChI is InChI=1S/C20H16N4O7/c1-2-29-19(25)14-7-11-8-16-17(31-10-30-16)9-15(11)22-18(14)23(20(21)26)12-3-5-13(6-4-12)24(27)28/h3-9H,2,10H2,1H3,(H2,21,26). The van der Waals surface area contributed by atoms with Crippen LogP contribution in [0.15, 0.2) is 42.5 Å². The molecule has 2 heterocycles. The summed E-state index contributed by atoms with van der Waals surface area (Å²) >= 11 is 0. The number of esters is 1. The number of carbonyl (C=O) groups is 2. The van der Waals surface area contributed by atoms with Crippen LogP contribution in [0.5, 0.6) is 11.5 Å². The van der Waals surface area contributed by atoms with Crippen LogP contribution in [0.1, 0.15) is 17.3 Å². The van der Waals surface area contributed by atoms with E-state index in [0.29, 0.717) is 22.4 Å². The second-order valence-corrected chi connectivity index (χ2v) is 6.43. The number of aromatic nitrogens is 1. The molecule has 0 aliphatic carbocycles. The van der Waals surface area contributed by atoms with Crippen LogP contribution in [0.25, 0.3) is 10.9 Å². The number of amides is 2. The Bertz CT molecular complexity index is 1210. The van der Waals surface area contributed by atoms with E-state index >= 15 is 0 Å². The van der Waals surface area contributed by atoms with Gasteiger partial charge in [0.25, 0.3) is 5.69 Å². The number of nitrogens with zero attached hydrogens (tertiary/aromatic N) is 3. The Labute approximate surface area is 175 Å². The number of fused-ring (bicyclic) bond motifs is 2. The highest BCUT2D eigenvalue weighted by atomic mass is 16.7. The number of hydrogen-bond acceptors (Lipinski definition) is 8. The van der Waals surface area contributed by atoms with Crippen molar-refractivity contribution in [3.05, 3.63) is 58.1 Å². The molecule has 2 amide bonds. The van der Waals surface area contributed by atoms with Gasteiger partial charge in [-0.1, -0.05) is 0 Å². The number of anilines is 2. The molecule has 1 aliphatic rings. The predicted molar refractivity (Wildman–Crippen MR) is 109 cm³/mol. The van der Waals surface area contributed by atoms with Crippen LogP contribution in [0, 0.1) is 10.1 Å². The molecule has 0 fully saturated rings. The van der Waals surface area contributed by atoms with E-state index in [1.807, 2.05) is 0 Å². The minimum atomic E-state index is -0.938. The van der Waals surface area contributed by atoms with Crippen LogP contribution in [0.2, 0.25) is 0 Å². The molecule has 11 nitrogen and oxygen atoms in total. The van der Waals surface area contributed by atoms with Crippen LogP contribution < -0.4 is 20.1 Å². The molecule has 0 bridgehead atoms. The number of urea groups is 1. The van der Waals surface area contributed by atoms with Crippen molar-refractivity contribution in [2.45, 2.75) is 6.92 Å². The number of primary amides is 1. The van der Waals surface area contributed by atoms with Crippen molar-refractivity contribution in [1.29, 1.82) is 0 Å². The van der Waals surface area contributed by atoms with Gasteiger partial charge in [0, 0.05) is 23.6 Å². The molecule has 31 heavy (non-hydrogen) atoms. The fourth-order valence-electron chi connectivity index (χ4n) is 3.16. The van der Waals surface area contributed by atoms with Crippen molar-refractivity contribution in [2.24, 2.45) is 5.73 Å². The SMILES string of the molecule is CCOC(=O)c1cc2cc3c(cc2nc1N(C(N)=O)c1ccc([N+](=O)[O-])cc1)OCO3. The second-order valence-electron chi connectivity index (χ2n) is 6.43. The van der Waals surface area contributed by atoms with Crippen molar-refractivity contribution in [1.82, 2.24) is 4.98 Å². The number of nitrogens with two attached hydrogens (primary N) is 1. The summed E-state index contributed by atoms with van der Waals surface area (Å²) in [4.78, 5) is 40.8. The molecular formula is C20H16N4O7. The molecule has 0 unspecified atom stereocenters. The van der Waals surface area contributed by atoms with Gasteiger partial charge in [0.05, 0.1) is 22.7 Å². The summed E-state index contributed by atoms with van der Waals surface area (Å²) in [5.41, 5.74) is 6.02. The first-order valence-electron chi connectivity index (χ1n) is 9.14. The van der Waals surface area contributed by atoms with E-state index < -0.39 is 16.9 Å². The first kappa shape index (κ1) is 19.9. The number of ether oxygens (including phenoxy) is 3. The first-order valence-corrected chi connectivity index (χ1v) is 9.14. The highest BCUT2D eigenvalue weighted by Crippen LogP contribution is 2.38. The van der Waals surface area contributed by atoms with E-state index in [1.54, 1.807) is 19.1 Å². The van der Waals surface area contributed by atoms with Crippen molar-refractivity contribution < 1.29 is 28.7 Å². The molecule has 0 spiro atoms. The highest BCUT2D eigenvalue weighted by molar-refractivity contribution is 6.07. The van der Waals surface area contributed by atoms with Crippen LogP contribution in [0.4, 0.5) is 22.0 Å². The molecule has 0 saturated heterocycles. The van der Waals surface area contributed by atoms with Crippen molar-refractivity contribution in [2.75, 3.05) is 18.3 Å². The Morgan fingerprint density at radius 3 is 2.48 bits per heavy atom. The topological polar surface area (TPSA) is 147 Å². The molecule has 4 rings (SSSR count). The fraction of sp³-hybridized carbons (Fsp3) is 0.150. The maximum atomic E-state index is 12.7. The summed E-state index contributed by atoms with van der Waals surface area (Å²) in [5.74, 6) is 0.179. The number of hydrogen-bond donors (Lipinski definition) is 1. The lowest BCUT2D eigenvalue weighted by molar-refractivity contribution is -0.384. The summed E-state index contributed by atoms with van der Waals surface area (Å²) in [6.07, 6.45) is 0. The molecule has 158 valence electrons. The first-order chi connectivity index (χ1) is 14.9. The number of nitro groups is 1. The van der Waals surface area contributed by atoms with Gasteiger partial charge < -0.3 is 19.9 Å². The van der Waals surface area contributed by atoms with Gasteiger partial charge in [-0.25, -0.2) is 19.5 Å². The van der Waals surface area contributed by atoms with Crippen molar-refractivity contribution in [3.8, 4) is 11.5 Å². The van der Waals surface area contributed by atoms with E-state index in [2.05, 4.69) is 4.98 Å². The normalized spacial score (nSPS) is 11.9. The van der Waals surface area contributed by atoms with E-state index in [0.717, 1.165) is 4.90 Å². The maximum Gasteiger partial charge on any atom is 0.341 e. The highest BCUT2D eigenvalue weighted by Gasteiger charge is 2.27. The zero-order valence-corrected chi connectivity index (χ0v) is 16.2. The molecule has 1 aromatic heterocycles. The molecule has 3 aromatic rings. The fourth-order valence-corrected chi connectivity index (χ4v) is 3.16. The van der Waals surface area contributed by atoms with Gasteiger partial charge in [-0.05, 0) is 31.2 Å². The van der Waals surface area contributed by atoms with E-state index in [-0.39, 0.29) is 36.2 Å². The average molecular weight is 424 g/mol. The Hall–Kier alpha value is -4.41. The van der Waals surface area contributed by atoms with E-state index in [4.69, 9.17) is 19.9 Å². The third-order valence-corrected chi connectivity index (χ3v) is 4.54. The van der Waals surface area contributed by atoms with Crippen LogP contribution in [0.3, 0.4) is 0 Å². The minimum Gasteiger partial charge on any atom is -0.462 e. The molecule has 0 atom stereocenters. The average Bonchev–Trinajstić information content (AvgIpc) is 3.19. The zero-order chi connectivity index (χ0) is 22.1. The van der Waals surface area contributed by atoms with Gasteiger partial charge in [0.2, 0.25) is 6.79 Å². The second kappa shape index (κ2) is 7.78. The molecule has 11 heteroatoms. The number of pyridine rings is 1. The van der Waals surface area contributed by atoms with Crippen LogP contribution in [-0.4, -0.2) is 35.3 Å². The molecule has 0 radical (unpaired) electrons. The maximum absolute atomic E-state index is 12.7. The van der Waals surface area contributed by atoms with Gasteiger partial charge in [-0.15, -0.1) is 0 Å². The summed E-state index contributed by atoms with van der Waals surface area (Å²) in [5, 5.41) is 11.5. The Morgan fingerprint density at radius 1 is 1.19 bits per heavy atom. The molecule has 2 aromatic carbocycles. The monoisotopic (exact) mass is 424 g/mol. The Balaban J connectivity index is 1.91. The van der Waals surface area contributed by atoms with Crippen molar-refractivity contribution in [3.63, 3.8) is 0 Å². The minimum absolute atomic E-state index is 0.00892. The largest absolute Gasteiger partial charge is 0.462 e. The molecule has 2 N–H and O–H groups in total. The third kappa shape index (κ3) is 3.64. The Kier molecular flexibility index (Phi) is 4.99. The number of nitro benzene ring substituents is 1. The molecular weight excluding hydrogens is 408 g/mol. The number of non-ortho nitro benzene ring substituents is 1. The number of carbonyl (C=O) groups excluding carboxylic acids is 2. The summed E-state index contributed by atoms with van der Waals surface area (Å²) in [7, 11) is 0. The summed E-state index contributed by atoms with van der Waals surface area (Å²) in [6, 6.07) is 8.96. The van der Waals surface area contributed by atoms with Gasteiger partial charge >= 0.3 is 12.0 Å². The summed E-state index contributed by atoms with van der Waals surface area (Å²) in [6.45, 7) is 1.80. The molecule has 0 saturated carbocycles. The Morgan fingerprint density at radius 2 is 1.87 bits per heavy atom. The number of benzene rings is 2. The predicted octanol–water partition coefficient (Wildman–Crippen LogP) is 3.27. The number of rotatable bonds is 5. The molecule has 1 aliphatic heterocycles. The summed E-state index contributed by atoms with van der Waals surface area (Å²) < 4.78 is 15.9. The van der Waals surface area contributed by atoms with E-state index in [9.17, 15) is 19.7 Å². The van der Waals surface area contributed by atoms with Gasteiger partial charge in [-0.2, -0.15) is 0 Å². The third-order valence-electron chi connectivity index (χ3n) is 4.54. The lowest BCUT2D eigenvalue weighted by atomic mass is 10.1. The van der Waals surface area contributed by atoms with Crippen LogP contribution in [-0.2, 0) is 4.74 Å². The lowest BCUT2D eigenvalue weighted by Gasteiger charge is -2.22.